The van der Waals surface area contributed by atoms with Crippen LogP contribution in [0.3, 0.4) is 0 Å². The van der Waals surface area contributed by atoms with Crippen molar-refractivity contribution in [3.63, 3.8) is 0 Å². The molecule has 0 saturated heterocycles. The van der Waals surface area contributed by atoms with Gasteiger partial charge in [0.1, 0.15) is 18.4 Å². The molecule has 0 spiro atoms. The highest BCUT2D eigenvalue weighted by Crippen LogP contribution is 2.28. The van der Waals surface area contributed by atoms with Crippen LogP contribution in [-0.2, 0) is 11.4 Å². The minimum absolute atomic E-state index is 0.212. The molecular formula is C27H26N4O5. The summed E-state index contributed by atoms with van der Waals surface area (Å²) < 4.78 is 16.3. The molecule has 1 unspecified atom stereocenters. The van der Waals surface area contributed by atoms with Crippen LogP contribution in [0, 0.1) is 11.3 Å². The highest BCUT2D eigenvalue weighted by Gasteiger charge is 2.16. The van der Waals surface area contributed by atoms with Crippen LogP contribution >= 0.6 is 0 Å². The predicted molar refractivity (Wildman–Crippen MR) is 134 cm³/mol. The molecule has 9 heteroatoms. The van der Waals surface area contributed by atoms with E-state index in [-0.39, 0.29) is 12.5 Å². The Morgan fingerprint density at radius 2 is 1.78 bits per heavy atom. The second-order valence-corrected chi connectivity index (χ2v) is 7.63. The first kappa shape index (κ1) is 25.8. The standard InChI is InChI=1S/C27H26N4O5/c1-18(30-27(33)20-9-11-23(34-2)12-10-20)26(32)31-29-16-19-8-13-24(25(14-19)35-3)36-17-22-7-5-4-6-21(22)15-28/h4-14,16,18H,17H2,1-3H3,(H,30,33)(H,31,32). The van der Waals surface area contributed by atoms with Gasteiger partial charge < -0.3 is 19.5 Å². The van der Waals surface area contributed by atoms with Crippen molar-refractivity contribution in [2.75, 3.05) is 14.2 Å². The number of carbonyl (C=O) groups is 2. The van der Waals surface area contributed by atoms with Crippen molar-refractivity contribution in [2.24, 2.45) is 5.10 Å². The van der Waals surface area contributed by atoms with Crippen LogP contribution in [0.4, 0.5) is 0 Å². The van der Waals surface area contributed by atoms with E-state index in [4.69, 9.17) is 14.2 Å². The quantitative estimate of drug-likeness (QED) is 0.335. The van der Waals surface area contributed by atoms with Crippen molar-refractivity contribution in [1.29, 1.82) is 5.26 Å². The van der Waals surface area contributed by atoms with Gasteiger partial charge in [-0.1, -0.05) is 18.2 Å². The molecule has 0 saturated carbocycles. The number of nitrogens with zero attached hydrogens (tertiary/aromatic N) is 2. The lowest BCUT2D eigenvalue weighted by atomic mass is 10.1. The number of hydrogen-bond donors (Lipinski definition) is 2. The maximum atomic E-state index is 12.3. The number of carbonyl (C=O) groups excluding carboxylic acids is 2. The number of nitrogens with one attached hydrogen (secondary N) is 2. The van der Waals surface area contributed by atoms with Gasteiger partial charge in [0.2, 0.25) is 0 Å². The monoisotopic (exact) mass is 486 g/mol. The van der Waals surface area contributed by atoms with E-state index in [1.54, 1.807) is 68.6 Å². The summed E-state index contributed by atoms with van der Waals surface area (Å²) >= 11 is 0. The Morgan fingerprint density at radius 3 is 2.47 bits per heavy atom. The lowest BCUT2D eigenvalue weighted by Gasteiger charge is -2.13. The Kier molecular flexibility index (Phi) is 9.00. The van der Waals surface area contributed by atoms with Gasteiger partial charge in [-0.05, 0) is 61.0 Å². The van der Waals surface area contributed by atoms with E-state index < -0.39 is 11.9 Å². The summed E-state index contributed by atoms with van der Waals surface area (Å²) in [6, 6.07) is 20.3. The first-order valence-electron chi connectivity index (χ1n) is 11.0. The molecule has 0 aromatic heterocycles. The molecule has 3 aromatic rings. The number of nitriles is 1. The van der Waals surface area contributed by atoms with E-state index in [0.717, 1.165) is 5.56 Å². The van der Waals surface area contributed by atoms with Crippen molar-refractivity contribution in [2.45, 2.75) is 19.6 Å². The Hall–Kier alpha value is -4.84. The van der Waals surface area contributed by atoms with Gasteiger partial charge in [-0.15, -0.1) is 0 Å². The summed E-state index contributed by atoms with van der Waals surface area (Å²) in [4.78, 5) is 24.6. The number of hydrazone groups is 1. The molecule has 0 aliphatic carbocycles. The molecule has 0 fully saturated rings. The number of amides is 2. The molecule has 2 N–H and O–H groups in total. The van der Waals surface area contributed by atoms with Crippen LogP contribution in [0.15, 0.2) is 71.8 Å². The maximum absolute atomic E-state index is 12.3. The zero-order chi connectivity index (χ0) is 25.9. The second kappa shape index (κ2) is 12.6. The molecule has 0 radical (unpaired) electrons. The zero-order valence-electron chi connectivity index (χ0n) is 20.1. The van der Waals surface area contributed by atoms with E-state index in [1.807, 2.05) is 12.1 Å². The van der Waals surface area contributed by atoms with Crippen LogP contribution in [0.25, 0.3) is 0 Å². The molecule has 184 valence electrons. The molecule has 0 aliphatic heterocycles. The normalized spacial score (nSPS) is 11.3. The van der Waals surface area contributed by atoms with Gasteiger partial charge in [0, 0.05) is 11.1 Å². The van der Waals surface area contributed by atoms with Crippen molar-refractivity contribution in [1.82, 2.24) is 10.7 Å². The lowest BCUT2D eigenvalue weighted by molar-refractivity contribution is -0.122. The fourth-order valence-electron chi connectivity index (χ4n) is 3.15. The summed E-state index contributed by atoms with van der Waals surface area (Å²) in [6.07, 6.45) is 1.45. The molecule has 36 heavy (non-hydrogen) atoms. The van der Waals surface area contributed by atoms with Gasteiger partial charge in [0.05, 0.1) is 32.1 Å². The summed E-state index contributed by atoms with van der Waals surface area (Å²) in [5, 5.41) is 15.8. The minimum atomic E-state index is -0.807. The number of hydrogen-bond acceptors (Lipinski definition) is 7. The number of ether oxygens (including phenoxy) is 3. The summed E-state index contributed by atoms with van der Waals surface area (Å²) in [5.41, 5.74) is 4.79. The van der Waals surface area contributed by atoms with E-state index in [9.17, 15) is 14.9 Å². The zero-order valence-corrected chi connectivity index (χ0v) is 20.1. The average Bonchev–Trinajstić information content (AvgIpc) is 2.92. The predicted octanol–water partition coefficient (Wildman–Crippen LogP) is 3.42. The number of methoxy groups -OCH3 is 2. The van der Waals surface area contributed by atoms with E-state index in [2.05, 4.69) is 21.9 Å². The van der Waals surface area contributed by atoms with E-state index >= 15 is 0 Å². The Bertz CT molecular complexity index is 1280. The summed E-state index contributed by atoms with van der Waals surface area (Å²) in [7, 11) is 3.06. The third-order valence-corrected chi connectivity index (χ3v) is 5.19. The Morgan fingerprint density at radius 1 is 1.03 bits per heavy atom. The van der Waals surface area contributed by atoms with Gasteiger partial charge >= 0.3 is 0 Å². The van der Waals surface area contributed by atoms with Crippen LogP contribution in [-0.4, -0.2) is 38.3 Å². The van der Waals surface area contributed by atoms with Crippen LogP contribution in [0.1, 0.15) is 34.0 Å². The summed E-state index contributed by atoms with van der Waals surface area (Å²) in [6.45, 7) is 1.77. The topological polar surface area (TPSA) is 122 Å². The molecule has 0 aliphatic rings. The number of benzene rings is 3. The maximum Gasteiger partial charge on any atom is 0.262 e. The highest BCUT2D eigenvalue weighted by atomic mass is 16.5. The summed E-state index contributed by atoms with van der Waals surface area (Å²) in [5.74, 6) is 0.742. The first-order valence-corrected chi connectivity index (χ1v) is 11.0. The Balaban J connectivity index is 1.55. The van der Waals surface area contributed by atoms with Gasteiger partial charge in [-0.2, -0.15) is 10.4 Å². The van der Waals surface area contributed by atoms with Crippen LogP contribution < -0.4 is 25.0 Å². The van der Waals surface area contributed by atoms with E-state index in [1.165, 1.54) is 13.3 Å². The minimum Gasteiger partial charge on any atom is -0.497 e. The average molecular weight is 487 g/mol. The molecule has 0 heterocycles. The van der Waals surface area contributed by atoms with Crippen molar-refractivity contribution in [3.8, 4) is 23.3 Å². The Labute approximate surface area is 209 Å². The number of rotatable bonds is 10. The lowest BCUT2D eigenvalue weighted by Crippen LogP contribution is -2.43. The third-order valence-electron chi connectivity index (χ3n) is 5.19. The fourth-order valence-corrected chi connectivity index (χ4v) is 3.15. The molecule has 3 aromatic carbocycles. The smallest absolute Gasteiger partial charge is 0.262 e. The highest BCUT2D eigenvalue weighted by molar-refractivity contribution is 5.97. The molecule has 2 amide bonds. The van der Waals surface area contributed by atoms with Gasteiger partial charge in [0.25, 0.3) is 11.8 Å². The van der Waals surface area contributed by atoms with E-state index in [0.29, 0.717) is 33.9 Å². The molecular weight excluding hydrogens is 460 g/mol. The van der Waals surface area contributed by atoms with Crippen LogP contribution in [0.2, 0.25) is 0 Å². The van der Waals surface area contributed by atoms with Gasteiger partial charge in [-0.25, -0.2) is 5.43 Å². The second-order valence-electron chi connectivity index (χ2n) is 7.63. The first-order chi connectivity index (χ1) is 17.4. The SMILES string of the molecule is COc1ccc(C(=O)NC(C)C(=O)NN=Cc2ccc(OCc3ccccc3C#N)c(OC)c2)cc1. The van der Waals surface area contributed by atoms with Crippen LogP contribution in [0.5, 0.6) is 17.2 Å². The van der Waals surface area contributed by atoms with Gasteiger partial charge in [0.15, 0.2) is 11.5 Å². The molecule has 9 nitrogen and oxygen atoms in total. The fraction of sp³-hybridized carbons (Fsp3) is 0.185. The molecule has 3 rings (SSSR count). The molecule has 0 bridgehead atoms. The van der Waals surface area contributed by atoms with Crippen molar-refractivity contribution >= 4 is 18.0 Å². The molecule has 1 atom stereocenters. The van der Waals surface area contributed by atoms with Crippen molar-refractivity contribution in [3.05, 3.63) is 89.0 Å². The third kappa shape index (κ3) is 6.84. The van der Waals surface area contributed by atoms with Gasteiger partial charge in [-0.3, -0.25) is 9.59 Å². The largest absolute Gasteiger partial charge is 0.497 e. The van der Waals surface area contributed by atoms with Crippen molar-refractivity contribution < 1.29 is 23.8 Å².